The van der Waals surface area contributed by atoms with E-state index in [1.54, 1.807) is 0 Å². The molecule has 1 amide bonds. The molecule has 1 rings (SSSR count). The van der Waals surface area contributed by atoms with Crippen molar-refractivity contribution < 1.29 is 19.8 Å². The number of aliphatic hydroxyl groups excluding tert-OH is 1. The third-order valence-corrected chi connectivity index (χ3v) is 3.07. The third kappa shape index (κ3) is 7.15. The van der Waals surface area contributed by atoms with Crippen LogP contribution in [0.5, 0.6) is 0 Å². The van der Waals surface area contributed by atoms with Gasteiger partial charge in [-0.3, -0.25) is 9.59 Å². The van der Waals surface area contributed by atoms with Crippen molar-refractivity contribution in [3.63, 3.8) is 0 Å². The maximum Gasteiger partial charge on any atom is 0.303 e. The molecule has 0 bridgehead atoms. The molecule has 0 aromatic carbocycles. The standard InChI is InChI=1S/C16H21NO4/c1-12(18)14(11-13-7-4-2-3-5-8-13)17-15(19)9-6-10-16(20)21/h2-5,7,14,18H,1,6,8-11H2,(H,17,19)(H,20,21). The molecule has 114 valence electrons. The van der Waals surface area contributed by atoms with E-state index >= 15 is 0 Å². The van der Waals surface area contributed by atoms with Crippen molar-refractivity contribution in [2.45, 2.75) is 38.1 Å². The van der Waals surface area contributed by atoms with Gasteiger partial charge in [-0.2, -0.15) is 0 Å². The van der Waals surface area contributed by atoms with Gasteiger partial charge in [0.15, 0.2) is 0 Å². The smallest absolute Gasteiger partial charge is 0.303 e. The van der Waals surface area contributed by atoms with E-state index in [9.17, 15) is 14.7 Å². The van der Waals surface area contributed by atoms with Crippen LogP contribution >= 0.6 is 0 Å². The van der Waals surface area contributed by atoms with E-state index in [4.69, 9.17) is 5.11 Å². The lowest BCUT2D eigenvalue weighted by molar-refractivity contribution is -0.137. The maximum absolute atomic E-state index is 11.7. The topological polar surface area (TPSA) is 86.6 Å². The van der Waals surface area contributed by atoms with E-state index in [0.29, 0.717) is 6.42 Å². The van der Waals surface area contributed by atoms with Crippen LogP contribution in [-0.2, 0) is 9.59 Å². The van der Waals surface area contributed by atoms with Gasteiger partial charge in [0.2, 0.25) is 5.91 Å². The van der Waals surface area contributed by atoms with Crippen molar-refractivity contribution in [3.05, 3.63) is 48.3 Å². The summed E-state index contributed by atoms with van der Waals surface area (Å²) >= 11 is 0. The van der Waals surface area contributed by atoms with Gasteiger partial charge in [0.1, 0.15) is 5.76 Å². The molecular weight excluding hydrogens is 270 g/mol. The number of carboxylic acids is 1. The number of nitrogens with one attached hydrogen (secondary N) is 1. The average molecular weight is 291 g/mol. The largest absolute Gasteiger partial charge is 0.511 e. The number of hydrogen-bond donors (Lipinski definition) is 3. The first-order valence-electron chi connectivity index (χ1n) is 6.89. The van der Waals surface area contributed by atoms with E-state index in [1.165, 1.54) is 0 Å². The molecule has 3 N–H and O–H groups in total. The van der Waals surface area contributed by atoms with Crippen LogP contribution in [0.1, 0.15) is 32.1 Å². The number of amides is 1. The van der Waals surface area contributed by atoms with Gasteiger partial charge in [-0.25, -0.2) is 0 Å². The van der Waals surface area contributed by atoms with Crippen LogP contribution in [0.15, 0.2) is 48.3 Å². The average Bonchev–Trinajstić information content (AvgIpc) is 2.66. The van der Waals surface area contributed by atoms with Crippen LogP contribution in [-0.4, -0.2) is 28.1 Å². The molecule has 0 aromatic rings. The van der Waals surface area contributed by atoms with Gasteiger partial charge in [0.05, 0.1) is 6.04 Å². The highest BCUT2D eigenvalue weighted by Gasteiger charge is 2.17. The lowest BCUT2D eigenvalue weighted by atomic mass is 10.0. The first-order valence-corrected chi connectivity index (χ1v) is 6.89. The Kier molecular flexibility index (Phi) is 7.01. The number of carboxylic acid groups (broad SMARTS) is 1. The zero-order valence-electron chi connectivity index (χ0n) is 11.9. The number of carbonyl (C=O) groups is 2. The molecule has 0 radical (unpaired) electrons. The highest BCUT2D eigenvalue weighted by Crippen LogP contribution is 2.16. The number of rotatable bonds is 8. The molecule has 1 aliphatic carbocycles. The minimum atomic E-state index is -0.923. The molecule has 0 aliphatic heterocycles. The summed E-state index contributed by atoms with van der Waals surface area (Å²) in [6, 6.07) is -0.548. The summed E-state index contributed by atoms with van der Waals surface area (Å²) in [5, 5.41) is 20.8. The van der Waals surface area contributed by atoms with Gasteiger partial charge >= 0.3 is 5.97 Å². The number of hydrogen-bond acceptors (Lipinski definition) is 3. The Morgan fingerprint density at radius 2 is 2.00 bits per heavy atom. The summed E-state index contributed by atoms with van der Waals surface area (Å²) in [6.07, 6.45) is 11.3. The molecule has 0 heterocycles. The molecule has 1 aliphatic rings. The van der Waals surface area contributed by atoms with Crippen LogP contribution in [0.3, 0.4) is 0 Å². The highest BCUT2D eigenvalue weighted by atomic mass is 16.4. The monoisotopic (exact) mass is 291 g/mol. The predicted molar refractivity (Wildman–Crippen MR) is 80.8 cm³/mol. The first kappa shape index (κ1) is 16.8. The normalized spacial score (nSPS) is 15.0. The molecular formula is C16H21NO4. The molecule has 1 unspecified atom stereocenters. The molecule has 0 saturated heterocycles. The van der Waals surface area contributed by atoms with Gasteiger partial charge in [0.25, 0.3) is 0 Å². The van der Waals surface area contributed by atoms with Gasteiger partial charge < -0.3 is 15.5 Å². The molecule has 0 aromatic heterocycles. The number of aliphatic hydroxyl groups is 1. The molecule has 5 nitrogen and oxygen atoms in total. The molecule has 5 heteroatoms. The van der Waals surface area contributed by atoms with E-state index < -0.39 is 12.0 Å². The summed E-state index contributed by atoms with van der Waals surface area (Å²) in [4.78, 5) is 22.1. The molecule has 0 saturated carbocycles. The van der Waals surface area contributed by atoms with Crippen molar-refractivity contribution in [2.75, 3.05) is 0 Å². The zero-order chi connectivity index (χ0) is 15.7. The van der Waals surface area contributed by atoms with Gasteiger partial charge in [0, 0.05) is 12.8 Å². The summed E-state index contributed by atoms with van der Waals surface area (Å²) < 4.78 is 0. The number of carbonyl (C=O) groups excluding carboxylic acids is 1. The molecule has 1 atom stereocenters. The van der Waals surface area contributed by atoms with Gasteiger partial charge in [-0.05, 0) is 19.3 Å². The summed E-state index contributed by atoms with van der Waals surface area (Å²) in [7, 11) is 0. The summed E-state index contributed by atoms with van der Waals surface area (Å²) in [6.45, 7) is 3.49. The fourth-order valence-corrected chi connectivity index (χ4v) is 1.95. The van der Waals surface area contributed by atoms with Crippen LogP contribution in [0.2, 0.25) is 0 Å². The minimum Gasteiger partial charge on any atom is -0.511 e. The Labute approximate surface area is 124 Å². The number of allylic oxidation sites excluding steroid dienone is 5. The van der Waals surface area contributed by atoms with E-state index in [0.717, 1.165) is 12.0 Å². The molecule has 0 spiro atoms. The van der Waals surface area contributed by atoms with Crippen molar-refractivity contribution >= 4 is 11.9 Å². The van der Waals surface area contributed by atoms with Crippen molar-refractivity contribution in [1.82, 2.24) is 5.32 Å². The van der Waals surface area contributed by atoms with Crippen LogP contribution < -0.4 is 5.32 Å². The SMILES string of the molecule is C=C(O)C(CC1=CC=CC=CC1)NC(=O)CCCC(=O)O. The van der Waals surface area contributed by atoms with E-state index in [2.05, 4.69) is 11.9 Å². The lowest BCUT2D eigenvalue weighted by Gasteiger charge is -2.18. The predicted octanol–water partition coefficient (Wildman–Crippen LogP) is 2.63. The molecule has 21 heavy (non-hydrogen) atoms. The Bertz CT molecular complexity index is 489. The summed E-state index contributed by atoms with van der Waals surface area (Å²) in [5.74, 6) is -1.30. The van der Waals surface area contributed by atoms with Gasteiger partial charge in [-0.1, -0.05) is 42.5 Å². The second-order valence-corrected chi connectivity index (χ2v) is 4.90. The Morgan fingerprint density at radius 3 is 2.67 bits per heavy atom. The van der Waals surface area contributed by atoms with Crippen LogP contribution in [0.4, 0.5) is 0 Å². The first-order chi connectivity index (χ1) is 9.99. The summed E-state index contributed by atoms with van der Waals surface area (Å²) in [5.41, 5.74) is 1.08. The van der Waals surface area contributed by atoms with Crippen molar-refractivity contribution in [2.24, 2.45) is 0 Å². The number of aliphatic carboxylic acids is 1. The molecule has 0 fully saturated rings. The van der Waals surface area contributed by atoms with Crippen molar-refractivity contribution in [3.8, 4) is 0 Å². The lowest BCUT2D eigenvalue weighted by Crippen LogP contribution is -2.36. The van der Waals surface area contributed by atoms with Gasteiger partial charge in [-0.15, -0.1) is 0 Å². The maximum atomic E-state index is 11.7. The van der Waals surface area contributed by atoms with Crippen molar-refractivity contribution in [1.29, 1.82) is 0 Å². The zero-order valence-corrected chi connectivity index (χ0v) is 11.9. The van der Waals surface area contributed by atoms with Crippen LogP contribution in [0.25, 0.3) is 0 Å². The van der Waals surface area contributed by atoms with Crippen LogP contribution in [0, 0.1) is 0 Å². The Balaban J connectivity index is 2.49. The fraction of sp³-hybridized carbons (Fsp3) is 0.375. The second-order valence-electron chi connectivity index (χ2n) is 4.90. The minimum absolute atomic E-state index is 0.0428. The highest BCUT2D eigenvalue weighted by molar-refractivity contribution is 5.77. The second kappa shape index (κ2) is 8.79. The quantitative estimate of drug-likeness (QED) is 0.600. The van der Waals surface area contributed by atoms with E-state index in [-0.39, 0.29) is 30.9 Å². The third-order valence-electron chi connectivity index (χ3n) is 3.07. The fourth-order valence-electron chi connectivity index (χ4n) is 1.95. The Hall–Kier alpha value is -2.30. The Morgan fingerprint density at radius 1 is 1.24 bits per heavy atom. The van der Waals surface area contributed by atoms with E-state index in [1.807, 2.05) is 30.4 Å².